The van der Waals surface area contributed by atoms with Crippen LogP contribution in [-0.4, -0.2) is 52.7 Å². The lowest BCUT2D eigenvalue weighted by Gasteiger charge is -2.37. The molecule has 1 saturated heterocycles. The summed E-state index contributed by atoms with van der Waals surface area (Å²) in [5.74, 6) is -0.758. The normalized spacial score (nSPS) is 20.0. The van der Waals surface area contributed by atoms with Crippen LogP contribution in [0.5, 0.6) is 5.88 Å². The molecule has 29 heavy (non-hydrogen) atoms. The summed E-state index contributed by atoms with van der Waals surface area (Å²) in [6, 6.07) is 0.566. The number of nitrogens with one attached hydrogen (secondary N) is 1. The molecule has 0 spiro atoms. The standard InChI is InChI=1S/C18H20F3N3O4S/c1-3-9-6-10(4-5-24(9)17(26)27)28-13-7-12(18(19,20)21)15-14(23-13)11(8-29-15)16(25)22-2/h7-10H,3-6H2,1-2H3,(H,22,25)(H,26,27)/t9-,10-/m1/s1. The van der Waals surface area contributed by atoms with Gasteiger partial charge in [0.2, 0.25) is 5.88 Å². The van der Waals surface area contributed by atoms with E-state index in [-0.39, 0.29) is 34.2 Å². The molecule has 158 valence electrons. The third kappa shape index (κ3) is 4.24. The molecule has 1 fully saturated rings. The second-order valence-corrected chi connectivity index (χ2v) is 7.59. The van der Waals surface area contributed by atoms with Crippen LogP contribution in [0.15, 0.2) is 11.4 Å². The molecule has 0 radical (unpaired) electrons. The average Bonchev–Trinajstić information content (AvgIpc) is 3.09. The molecule has 2 amide bonds. The number of alkyl halides is 3. The molecule has 0 aromatic carbocycles. The van der Waals surface area contributed by atoms with E-state index in [0.29, 0.717) is 19.3 Å². The molecule has 3 heterocycles. The highest BCUT2D eigenvalue weighted by Gasteiger charge is 2.36. The third-order valence-corrected chi connectivity index (χ3v) is 5.95. The summed E-state index contributed by atoms with van der Waals surface area (Å²) in [6.07, 6.45) is -4.86. The zero-order valence-electron chi connectivity index (χ0n) is 15.7. The van der Waals surface area contributed by atoms with Gasteiger partial charge in [-0.25, -0.2) is 9.78 Å². The number of thiophene rings is 1. The van der Waals surface area contributed by atoms with Gasteiger partial charge in [-0.15, -0.1) is 11.3 Å². The monoisotopic (exact) mass is 431 g/mol. The molecule has 0 bridgehead atoms. The minimum Gasteiger partial charge on any atom is -0.474 e. The summed E-state index contributed by atoms with van der Waals surface area (Å²) >= 11 is 0.803. The molecule has 0 unspecified atom stereocenters. The Hall–Kier alpha value is -2.56. The fourth-order valence-corrected chi connectivity index (χ4v) is 4.51. The van der Waals surface area contributed by atoms with E-state index in [1.165, 1.54) is 17.3 Å². The number of hydrogen-bond acceptors (Lipinski definition) is 5. The number of carbonyl (C=O) groups is 2. The minimum absolute atomic E-state index is 0.0515. The summed E-state index contributed by atoms with van der Waals surface area (Å²) in [5.41, 5.74) is -0.919. The number of piperidine rings is 1. The van der Waals surface area contributed by atoms with E-state index in [4.69, 9.17) is 4.74 Å². The van der Waals surface area contributed by atoms with Crippen LogP contribution in [-0.2, 0) is 6.18 Å². The highest BCUT2D eigenvalue weighted by atomic mass is 32.1. The van der Waals surface area contributed by atoms with Gasteiger partial charge in [-0.1, -0.05) is 6.92 Å². The van der Waals surface area contributed by atoms with Gasteiger partial charge in [-0.2, -0.15) is 13.2 Å². The van der Waals surface area contributed by atoms with Gasteiger partial charge >= 0.3 is 12.3 Å². The van der Waals surface area contributed by atoms with Crippen LogP contribution in [0, 0.1) is 0 Å². The van der Waals surface area contributed by atoms with Crippen molar-refractivity contribution in [1.82, 2.24) is 15.2 Å². The summed E-state index contributed by atoms with van der Waals surface area (Å²) in [4.78, 5) is 28.8. The molecule has 1 aliphatic heterocycles. The first kappa shape index (κ1) is 21.2. The molecular weight excluding hydrogens is 411 g/mol. The lowest BCUT2D eigenvalue weighted by molar-refractivity contribution is -0.136. The zero-order chi connectivity index (χ0) is 21.3. The Kier molecular flexibility index (Phi) is 5.87. The van der Waals surface area contributed by atoms with Gasteiger partial charge in [-0.05, 0) is 6.42 Å². The van der Waals surface area contributed by atoms with E-state index in [1.54, 1.807) is 0 Å². The molecule has 2 atom stereocenters. The lowest BCUT2D eigenvalue weighted by Crippen LogP contribution is -2.48. The van der Waals surface area contributed by atoms with Crippen molar-refractivity contribution < 1.29 is 32.6 Å². The Balaban J connectivity index is 1.95. The first-order chi connectivity index (χ1) is 13.7. The second kappa shape index (κ2) is 8.05. The molecule has 7 nitrogen and oxygen atoms in total. The number of aromatic nitrogens is 1. The highest BCUT2D eigenvalue weighted by Crippen LogP contribution is 2.40. The SMILES string of the molecule is CC[C@@H]1C[C@H](Oc2cc(C(F)(F)F)c3scc(C(=O)NC)c3n2)CCN1C(=O)O. The van der Waals surface area contributed by atoms with E-state index < -0.39 is 29.8 Å². The summed E-state index contributed by atoms with van der Waals surface area (Å²) < 4.78 is 46.3. The zero-order valence-corrected chi connectivity index (χ0v) is 16.6. The van der Waals surface area contributed by atoms with Gasteiger partial charge < -0.3 is 20.1 Å². The molecule has 2 N–H and O–H groups in total. The Morgan fingerprint density at radius 3 is 2.76 bits per heavy atom. The molecule has 11 heteroatoms. The van der Waals surface area contributed by atoms with Crippen molar-refractivity contribution in [3.8, 4) is 5.88 Å². The van der Waals surface area contributed by atoms with Crippen molar-refractivity contribution in [1.29, 1.82) is 0 Å². The number of ether oxygens (including phenoxy) is 1. The van der Waals surface area contributed by atoms with Crippen LogP contribution in [0.4, 0.5) is 18.0 Å². The Morgan fingerprint density at radius 1 is 1.45 bits per heavy atom. The topological polar surface area (TPSA) is 91.8 Å². The lowest BCUT2D eigenvalue weighted by atomic mass is 9.98. The number of nitrogens with zero attached hydrogens (tertiary/aromatic N) is 2. The maximum absolute atomic E-state index is 13.6. The van der Waals surface area contributed by atoms with Crippen LogP contribution < -0.4 is 10.1 Å². The van der Waals surface area contributed by atoms with E-state index in [9.17, 15) is 27.9 Å². The van der Waals surface area contributed by atoms with Crippen molar-refractivity contribution in [2.45, 2.75) is 44.5 Å². The van der Waals surface area contributed by atoms with Crippen molar-refractivity contribution >= 4 is 33.6 Å². The second-order valence-electron chi connectivity index (χ2n) is 6.71. The predicted octanol–water partition coefficient (Wildman–Crippen LogP) is 3.97. The number of likely N-dealkylation sites (tertiary alicyclic amines) is 1. The van der Waals surface area contributed by atoms with Gasteiger partial charge in [-0.3, -0.25) is 4.79 Å². The van der Waals surface area contributed by atoms with Crippen LogP contribution >= 0.6 is 11.3 Å². The number of pyridine rings is 1. The summed E-state index contributed by atoms with van der Waals surface area (Å²) in [7, 11) is 1.39. The molecule has 0 aliphatic carbocycles. The Bertz CT molecular complexity index is 931. The van der Waals surface area contributed by atoms with Crippen LogP contribution in [0.25, 0.3) is 10.2 Å². The number of hydrogen-bond donors (Lipinski definition) is 2. The van der Waals surface area contributed by atoms with Crippen LogP contribution in [0.3, 0.4) is 0 Å². The van der Waals surface area contributed by atoms with Gasteiger partial charge in [0.1, 0.15) is 6.10 Å². The van der Waals surface area contributed by atoms with E-state index in [1.807, 2.05) is 6.92 Å². The van der Waals surface area contributed by atoms with Gasteiger partial charge in [0.05, 0.1) is 21.3 Å². The Morgan fingerprint density at radius 2 is 2.17 bits per heavy atom. The molecule has 3 rings (SSSR count). The summed E-state index contributed by atoms with van der Waals surface area (Å²) in [5, 5.41) is 13.0. The molecule has 2 aromatic rings. The smallest absolute Gasteiger partial charge is 0.418 e. The first-order valence-electron chi connectivity index (χ1n) is 9.03. The third-order valence-electron chi connectivity index (χ3n) is 4.95. The molecule has 2 aromatic heterocycles. The first-order valence-corrected chi connectivity index (χ1v) is 9.91. The van der Waals surface area contributed by atoms with Gasteiger partial charge in [0.25, 0.3) is 5.91 Å². The van der Waals surface area contributed by atoms with E-state index in [2.05, 4.69) is 10.3 Å². The van der Waals surface area contributed by atoms with Crippen molar-refractivity contribution in [3.05, 3.63) is 22.6 Å². The molecule has 1 aliphatic rings. The highest BCUT2D eigenvalue weighted by molar-refractivity contribution is 7.17. The van der Waals surface area contributed by atoms with Crippen LogP contribution in [0.2, 0.25) is 0 Å². The van der Waals surface area contributed by atoms with E-state index >= 15 is 0 Å². The largest absolute Gasteiger partial charge is 0.474 e. The van der Waals surface area contributed by atoms with Crippen molar-refractivity contribution in [3.63, 3.8) is 0 Å². The van der Waals surface area contributed by atoms with Crippen molar-refractivity contribution in [2.24, 2.45) is 0 Å². The number of rotatable bonds is 4. The quantitative estimate of drug-likeness (QED) is 0.764. The minimum atomic E-state index is -4.64. The molecular formula is C18H20F3N3O4S. The van der Waals surface area contributed by atoms with Crippen LogP contribution in [0.1, 0.15) is 42.1 Å². The fraction of sp³-hybridized carbons (Fsp3) is 0.500. The predicted molar refractivity (Wildman–Crippen MR) is 100 cm³/mol. The maximum Gasteiger partial charge on any atom is 0.418 e. The number of carbonyl (C=O) groups excluding carboxylic acids is 1. The van der Waals surface area contributed by atoms with E-state index in [0.717, 1.165) is 17.4 Å². The Labute approximate surface area is 168 Å². The van der Waals surface area contributed by atoms with Gasteiger partial charge in [0, 0.05) is 43.9 Å². The number of carboxylic acid groups (broad SMARTS) is 1. The number of fused-ring (bicyclic) bond motifs is 1. The average molecular weight is 431 g/mol. The number of amides is 2. The number of halogens is 3. The fourth-order valence-electron chi connectivity index (χ4n) is 3.48. The maximum atomic E-state index is 13.6. The molecule has 0 saturated carbocycles. The summed E-state index contributed by atoms with van der Waals surface area (Å²) in [6.45, 7) is 2.07. The van der Waals surface area contributed by atoms with Gasteiger partial charge in [0.15, 0.2) is 0 Å². The van der Waals surface area contributed by atoms with Crippen molar-refractivity contribution in [2.75, 3.05) is 13.6 Å².